The molecular weight excluding hydrogens is 368 g/mol. The number of hydrogen-bond donors (Lipinski definition) is 1. The monoisotopic (exact) mass is 396 g/mol. The molecule has 150 valence electrons. The van der Waals surface area contributed by atoms with Gasteiger partial charge in [-0.2, -0.15) is 0 Å². The van der Waals surface area contributed by atoms with Crippen LogP contribution >= 0.6 is 11.6 Å². The summed E-state index contributed by atoms with van der Waals surface area (Å²) in [5.41, 5.74) is 0.355. The molecule has 2 atom stereocenters. The summed E-state index contributed by atoms with van der Waals surface area (Å²) in [6.45, 7) is 7.69. The zero-order valence-corrected chi connectivity index (χ0v) is 16.7. The molecule has 0 aromatic carbocycles. The largest absolute Gasteiger partial charge is 0.380 e. The molecule has 2 unspecified atom stereocenters. The highest BCUT2D eigenvalue weighted by Gasteiger charge is 2.29. The van der Waals surface area contributed by atoms with E-state index < -0.39 is 0 Å². The summed E-state index contributed by atoms with van der Waals surface area (Å²) in [4.78, 5) is 21.3. The van der Waals surface area contributed by atoms with Crippen LogP contribution in [0.5, 0.6) is 0 Å². The van der Waals surface area contributed by atoms with Crippen molar-refractivity contribution in [2.45, 2.75) is 12.5 Å². The summed E-state index contributed by atoms with van der Waals surface area (Å²) in [6.07, 6.45) is 0.903. The van der Waals surface area contributed by atoms with E-state index in [-0.39, 0.29) is 17.9 Å². The number of amides is 1. The number of nitrogens with one attached hydrogen (secondary N) is 1. The average Bonchev–Trinajstić information content (AvgIpc) is 2.68. The summed E-state index contributed by atoms with van der Waals surface area (Å²) in [6, 6.07) is 5.17. The molecule has 7 nitrogen and oxygen atoms in total. The van der Waals surface area contributed by atoms with Gasteiger partial charge in [0.25, 0.3) is 5.91 Å². The Morgan fingerprint density at radius 2 is 2.19 bits per heavy atom. The standard InChI is InChI=1S/C19H29ClN4O3/c1-23-6-5-16(22-19(25)17-3-2-4-18(20)21-17)15(13-23)14-27-12-9-24-7-10-26-11-8-24/h2-4,15-16H,5-14H2,1H3,(H,22,25). The minimum Gasteiger partial charge on any atom is -0.380 e. The summed E-state index contributed by atoms with van der Waals surface area (Å²) < 4.78 is 11.3. The van der Waals surface area contributed by atoms with Gasteiger partial charge in [0.05, 0.1) is 26.4 Å². The number of likely N-dealkylation sites (tertiary alicyclic amines) is 1. The van der Waals surface area contributed by atoms with Crippen LogP contribution < -0.4 is 5.32 Å². The van der Waals surface area contributed by atoms with E-state index in [0.717, 1.165) is 52.4 Å². The fourth-order valence-corrected chi connectivity index (χ4v) is 3.77. The van der Waals surface area contributed by atoms with Crippen LogP contribution in [0.25, 0.3) is 0 Å². The van der Waals surface area contributed by atoms with Crippen molar-refractivity contribution in [3.8, 4) is 0 Å². The van der Waals surface area contributed by atoms with E-state index in [1.54, 1.807) is 18.2 Å². The molecule has 27 heavy (non-hydrogen) atoms. The SMILES string of the molecule is CN1CCC(NC(=O)c2cccc(Cl)n2)C(COCCN2CCOCC2)C1. The number of morpholine rings is 1. The van der Waals surface area contributed by atoms with Gasteiger partial charge in [-0.15, -0.1) is 0 Å². The first-order valence-corrected chi connectivity index (χ1v) is 9.99. The second-order valence-electron chi connectivity index (χ2n) is 7.27. The number of halogens is 1. The van der Waals surface area contributed by atoms with Crippen LogP contribution in [0.2, 0.25) is 5.15 Å². The first kappa shape index (κ1) is 20.5. The molecule has 0 bridgehead atoms. The Hall–Kier alpha value is -1.25. The normalized spacial score (nSPS) is 24.7. The lowest BCUT2D eigenvalue weighted by atomic mass is 9.93. The second kappa shape index (κ2) is 10.3. The molecular formula is C19H29ClN4O3. The molecule has 1 aromatic heterocycles. The van der Waals surface area contributed by atoms with E-state index >= 15 is 0 Å². The molecule has 2 saturated heterocycles. The van der Waals surface area contributed by atoms with Crippen LogP contribution in [-0.2, 0) is 9.47 Å². The van der Waals surface area contributed by atoms with Crippen molar-refractivity contribution in [3.63, 3.8) is 0 Å². The Bertz CT molecular complexity index is 612. The van der Waals surface area contributed by atoms with Crippen molar-refractivity contribution >= 4 is 17.5 Å². The number of carbonyl (C=O) groups excluding carboxylic acids is 1. The molecule has 3 rings (SSSR count). The third-order valence-electron chi connectivity index (χ3n) is 5.19. The molecule has 0 spiro atoms. The first-order chi connectivity index (χ1) is 13.1. The lowest BCUT2D eigenvalue weighted by Gasteiger charge is -2.37. The third kappa shape index (κ3) is 6.40. The lowest BCUT2D eigenvalue weighted by molar-refractivity contribution is 0.00679. The maximum atomic E-state index is 12.5. The van der Waals surface area contributed by atoms with Crippen LogP contribution in [0.15, 0.2) is 18.2 Å². The van der Waals surface area contributed by atoms with E-state index in [1.807, 2.05) is 0 Å². The van der Waals surface area contributed by atoms with Crippen molar-refractivity contribution in [1.82, 2.24) is 20.1 Å². The molecule has 1 N–H and O–H groups in total. The molecule has 2 aliphatic heterocycles. The van der Waals surface area contributed by atoms with Crippen molar-refractivity contribution in [2.75, 3.05) is 66.2 Å². The Morgan fingerprint density at radius 1 is 1.37 bits per heavy atom. The number of rotatable bonds is 7. The molecule has 0 aliphatic carbocycles. The molecule has 1 amide bonds. The van der Waals surface area contributed by atoms with Crippen LogP contribution in [0, 0.1) is 5.92 Å². The first-order valence-electron chi connectivity index (χ1n) is 9.61. The highest BCUT2D eigenvalue weighted by molar-refractivity contribution is 6.29. The molecule has 1 aromatic rings. The number of pyridine rings is 1. The summed E-state index contributed by atoms with van der Waals surface area (Å²) in [5.74, 6) is 0.0851. The number of hydrogen-bond acceptors (Lipinski definition) is 6. The Labute approximate surface area is 166 Å². The van der Waals surface area contributed by atoms with Crippen LogP contribution in [-0.4, -0.2) is 92.9 Å². The minimum absolute atomic E-state index is 0.0814. The van der Waals surface area contributed by atoms with Crippen LogP contribution in [0.4, 0.5) is 0 Å². The third-order valence-corrected chi connectivity index (χ3v) is 5.40. The number of ether oxygens (including phenoxy) is 2. The molecule has 3 heterocycles. The topological polar surface area (TPSA) is 66.9 Å². The predicted octanol–water partition coefficient (Wildman–Crippen LogP) is 1.13. The van der Waals surface area contributed by atoms with Gasteiger partial charge >= 0.3 is 0 Å². The van der Waals surface area contributed by atoms with Crippen LogP contribution in [0.1, 0.15) is 16.9 Å². The fourth-order valence-electron chi connectivity index (χ4n) is 3.60. The van der Waals surface area contributed by atoms with Crippen LogP contribution in [0.3, 0.4) is 0 Å². The van der Waals surface area contributed by atoms with Gasteiger partial charge in [-0.3, -0.25) is 9.69 Å². The molecule has 8 heteroatoms. The summed E-state index contributed by atoms with van der Waals surface area (Å²) in [5, 5.41) is 3.46. The minimum atomic E-state index is -0.176. The Balaban J connectivity index is 1.47. The van der Waals surface area contributed by atoms with Gasteiger partial charge in [0.1, 0.15) is 10.8 Å². The molecule has 2 aliphatic rings. The fraction of sp³-hybridized carbons (Fsp3) is 0.684. The second-order valence-corrected chi connectivity index (χ2v) is 7.65. The van der Waals surface area contributed by atoms with E-state index in [1.165, 1.54) is 0 Å². The van der Waals surface area contributed by atoms with Gasteiger partial charge < -0.3 is 19.7 Å². The van der Waals surface area contributed by atoms with E-state index in [0.29, 0.717) is 24.1 Å². The maximum Gasteiger partial charge on any atom is 0.270 e. The average molecular weight is 397 g/mol. The van der Waals surface area contributed by atoms with E-state index in [9.17, 15) is 4.79 Å². The van der Waals surface area contributed by atoms with Crippen molar-refractivity contribution < 1.29 is 14.3 Å². The lowest BCUT2D eigenvalue weighted by Crippen LogP contribution is -2.51. The zero-order chi connectivity index (χ0) is 19.1. The Morgan fingerprint density at radius 3 is 2.96 bits per heavy atom. The zero-order valence-electron chi connectivity index (χ0n) is 15.9. The van der Waals surface area contributed by atoms with E-state index in [4.69, 9.17) is 21.1 Å². The number of piperidine rings is 1. The number of carbonyl (C=O) groups is 1. The van der Waals surface area contributed by atoms with Gasteiger partial charge in [-0.05, 0) is 32.1 Å². The highest BCUT2D eigenvalue weighted by atomic mass is 35.5. The van der Waals surface area contributed by atoms with Gasteiger partial charge in [0.2, 0.25) is 0 Å². The van der Waals surface area contributed by atoms with Gasteiger partial charge in [-0.1, -0.05) is 17.7 Å². The Kier molecular flexibility index (Phi) is 7.84. The number of nitrogens with zero attached hydrogens (tertiary/aromatic N) is 3. The predicted molar refractivity (Wildman–Crippen MR) is 104 cm³/mol. The molecule has 0 radical (unpaired) electrons. The summed E-state index contributed by atoms with van der Waals surface area (Å²) in [7, 11) is 2.11. The smallest absolute Gasteiger partial charge is 0.270 e. The van der Waals surface area contributed by atoms with Crippen molar-refractivity contribution in [2.24, 2.45) is 5.92 Å². The molecule has 0 saturated carbocycles. The van der Waals surface area contributed by atoms with Gasteiger partial charge in [-0.25, -0.2) is 4.98 Å². The van der Waals surface area contributed by atoms with Crippen molar-refractivity contribution in [1.29, 1.82) is 0 Å². The van der Waals surface area contributed by atoms with Gasteiger partial charge in [0, 0.05) is 38.1 Å². The highest BCUT2D eigenvalue weighted by Crippen LogP contribution is 2.17. The quantitative estimate of drug-likeness (QED) is 0.550. The van der Waals surface area contributed by atoms with Crippen molar-refractivity contribution in [3.05, 3.63) is 29.0 Å². The maximum absolute atomic E-state index is 12.5. The van der Waals surface area contributed by atoms with E-state index in [2.05, 4.69) is 27.1 Å². The summed E-state index contributed by atoms with van der Waals surface area (Å²) >= 11 is 5.90. The molecule has 2 fully saturated rings. The number of aromatic nitrogens is 1. The van der Waals surface area contributed by atoms with Gasteiger partial charge in [0.15, 0.2) is 0 Å².